The summed E-state index contributed by atoms with van der Waals surface area (Å²) in [5.74, 6) is -0.0406. The van der Waals surface area contributed by atoms with Crippen LogP contribution in [0.2, 0.25) is 0 Å². The Hall–Kier alpha value is -2.70. The number of nitrogens with zero attached hydrogens (tertiary/aromatic N) is 3. The number of aromatic nitrogens is 2. The Kier molecular flexibility index (Phi) is 4.97. The Morgan fingerprint density at radius 3 is 2.40 bits per heavy atom. The van der Waals surface area contributed by atoms with Gasteiger partial charge in [0.1, 0.15) is 23.7 Å². The normalized spacial score (nSPS) is 11.4. The van der Waals surface area contributed by atoms with Crippen LogP contribution < -0.4 is 4.74 Å². The fourth-order valence-corrected chi connectivity index (χ4v) is 2.61. The predicted octanol–water partition coefficient (Wildman–Crippen LogP) is 3.62. The second-order valence-electron chi connectivity index (χ2n) is 7.14. The van der Waals surface area contributed by atoms with Crippen molar-refractivity contribution in [2.75, 3.05) is 0 Å². The predicted molar refractivity (Wildman–Crippen MR) is 93.9 cm³/mol. The van der Waals surface area contributed by atoms with E-state index in [1.807, 2.05) is 19.1 Å². The lowest BCUT2D eigenvalue weighted by Crippen LogP contribution is -2.19. The molecule has 0 saturated carbocycles. The molecule has 0 fully saturated rings. The first-order valence-electron chi connectivity index (χ1n) is 8.01. The topological polar surface area (TPSA) is 87.3 Å². The van der Waals surface area contributed by atoms with E-state index in [1.165, 1.54) is 4.68 Å². The third-order valence-electron chi connectivity index (χ3n) is 4.07. The van der Waals surface area contributed by atoms with Crippen LogP contribution in [0.3, 0.4) is 0 Å². The maximum atomic E-state index is 12.2. The third-order valence-corrected chi connectivity index (χ3v) is 4.07. The highest BCUT2D eigenvalue weighted by atomic mass is 16.6. The van der Waals surface area contributed by atoms with Crippen LogP contribution in [0.5, 0.6) is 5.75 Å². The molecule has 0 aliphatic carbocycles. The number of esters is 1. The number of carbonyl (C=O) groups is 1. The van der Waals surface area contributed by atoms with Gasteiger partial charge in [0, 0.05) is 0 Å². The highest BCUT2D eigenvalue weighted by molar-refractivity contribution is 5.73. The fraction of sp³-hybridized carbons (Fsp3) is 0.444. The summed E-state index contributed by atoms with van der Waals surface area (Å²) in [6, 6.07) is 5.71. The lowest BCUT2D eigenvalue weighted by Gasteiger charge is -2.20. The van der Waals surface area contributed by atoms with E-state index in [-0.39, 0.29) is 23.3 Å². The van der Waals surface area contributed by atoms with Gasteiger partial charge in [0.25, 0.3) is 0 Å². The minimum absolute atomic E-state index is 0.00985. The van der Waals surface area contributed by atoms with Crippen molar-refractivity contribution in [3.63, 3.8) is 0 Å². The molecule has 0 bridgehead atoms. The summed E-state index contributed by atoms with van der Waals surface area (Å²) in [4.78, 5) is 22.7. The number of nitro groups is 1. The number of rotatable bonds is 4. The second kappa shape index (κ2) is 6.66. The van der Waals surface area contributed by atoms with Crippen molar-refractivity contribution in [2.45, 2.75) is 53.5 Å². The SMILES string of the molecule is Cc1cc(C(C)(C)C)ccc1OC(=O)Cn1nc(C)c([N+](=O)[O-])c1C. The number of benzene rings is 1. The Balaban J connectivity index is 2.16. The maximum Gasteiger partial charge on any atom is 0.333 e. The Bertz CT molecular complexity index is 832. The molecule has 0 aliphatic rings. The van der Waals surface area contributed by atoms with Gasteiger partial charge in [0.05, 0.1) is 4.92 Å². The first-order chi connectivity index (χ1) is 11.5. The van der Waals surface area contributed by atoms with E-state index in [9.17, 15) is 14.9 Å². The van der Waals surface area contributed by atoms with Gasteiger partial charge in [-0.05, 0) is 43.4 Å². The van der Waals surface area contributed by atoms with Crippen LogP contribution in [0.15, 0.2) is 18.2 Å². The summed E-state index contributed by atoms with van der Waals surface area (Å²) < 4.78 is 6.71. The number of hydrogen-bond acceptors (Lipinski definition) is 5. The summed E-state index contributed by atoms with van der Waals surface area (Å²) in [5.41, 5.74) is 2.56. The van der Waals surface area contributed by atoms with Crippen molar-refractivity contribution in [1.29, 1.82) is 0 Å². The average Bonchev–Trinajstić information content (AvgIpc) is 2.74. The van der Waals surface area contributed by atoms with Gasteiger partial charge in [0.2, 0.25) is 0 Å². The molecule has 1 aromatic carbocycles. The number of ether oxygens (including phenoxy) is 1. The van der Waals surface area contributed by atoms with Gasteiger partial charge in [-0.25, -0.2) is 4.79 Å². The molecular weight excluding hydrogens is 322 g/mol. The monoisotopic (exact) mass is 345 g/mol. The minimum atomic E-state index is -0.521. The van der Waals surface area contributed by atoms with E-state index in [4.69, 9.17) is 4.74 Å². The van der Waals surface area contributed by atoms with Crippen LogP contribution >= 0.6 is 0 Å². The lowest BCUT2D eigenvalue weighted by molar-refractivity contribution is -0.386. The lowest BCUT2D eigenvalue weighted by atomic mass is 9.86. The van der Waals surface area contributed by atoms with Gasteiger partial charge in [-0.15, -0.1) is 0 Å². The molecule has 0 radical (unpaired) electrons. The summed E-state index contributed by atoms with van der Waals surface area (Å²) in [6.45, 7) is 11.2. The largest absolute Gasteiger partial charge is 0.425 e. The molecule has 2 rings (SSSR count). The first kappa shape index (κ1) is 18.6. The zero-order chi connectivity index (χ0) is 18.9. The van der Waals surface area contributed by atoms with Gasteiger partial charge in [-0.3, -0.25) is 14.8 Å². The molecule has 0 atom stereocenters. The van der Waals surface area contributed by atoms with Gasteiger partial charge in [-0.2, -0.15) is 5.10 Å². The van der Waals surface area contributed by atoms with Crippen molar-refractivity contribution in [3.05, 3.63) is 50.8 Å². The molecule has 0 aliphatic heterocycles. The third kappa shape index (κ3) is 4.04. The molecule has 2 aromatic rings. The van der Waals surface area contributed by atoms with Gasteiger partial charge >= 0.3 is 11.7 Å². The zero-order valence-corrected chi connectivity index (χ0v) is 15.4. The van der Waals surface area contributed by atoms with E-state index in [2.05, 4.69) is 25.9 Å². The first-order valence-corrected chi connectivity index (χ1v) is 8.01. The molecule has 0 spiro atoms. The van der Waals surface area contributed by atoms with E-state index in [1.54, 1.807) is 19.9 Å². The molecule has 7 nitrogen and oxygen atoms in total. The second-order valence-corrected chi connectivity index (χ2v) is 7.14. The number of hydrogen-bond donors (Lipinski definition) is 0. The van der Waals surface area contributed by atoms with Gasteiger partial charge in [0.15, 0.2) is 0 Å². The molecule has 1 heterocycles. The standard InChI is InChI=1S/C18H23N3O4/c1-11-9-14(18(4,5)6)7-8-15(11)25-16(22)10-20-13(3)17(21(23)24)12(2)19-20/h7-9H,10H2,1-6H3. The minimum Gasteiger partial charge on any atom is -0.425 e. The van der Waals surface area contributed by atoms with Crippen LogP contribution in [-0.4, -0.2) is 20.7 Å². The van der Waals surface area contributed by atoms with Crippen LogP contribution in [0, 0.1) is 30.9 Å². The van der Waals surface area contributed by atoms with Crippen molar-refractivity contribution < 1.29 is 14.5 Å². The van der Waals surface area contributed by atoms with E-state index in [0.29, 0.717) is 11.4 Å². The smallest absolute Gasteiger partial charge is 0.333 e. The van der Waals surface area contributed by atoms with Crippen molar-refractivity contribution >= 4 is 11.7 Å². The number of aryl methyl sites for hydroxylation is 2. The van der Waals surface area contributed by atoms with Crippen molar-refractivity contribution in [1.82, 2.24) is 9.78 Å². The average molecular weight is 345 g/mol. The van der Waals surface area contributed by atoms with E-state index < -0.39 is 10.9 Å². The van der Waals surface area contributed by atoms with E-state index in [0.717, 1.165) is 11.1 Å². The van der Waals surface area contributed by atoms with Crippen LogP contribution in [0.4, 0.5) is 5.69 Å². The maximum absolute atomic E-state index is 12.2. The summed E-state index contributed by atoms with van der Waals surface area (Å²) >= 11 is 0. The van der Waals surface area contributed by atoms with Crippen LogP contribution in [-0.2, 0) is 16.8 Å². The molecular formula is C18H23N3O4. The molecule has 0 saturated heterocycles. The Morgan fingerprint density at radius 2 is 1.92 bits per heavy atom. The van der Waals surface area contributed by atoms with E-state index >= 15 is 0 Å². The Morgan fingerprint density at radius 1 is 1.28 bits per heavy atom. The summed E-state index contributed by atoms with van der Waals surface area (Å²) in [6.07, 6.45) is 0. The summed E-state index contributed by atoms with van der Waals surface area (Å²) in [5, 5.41) is 15.1. The molecule has 134 valence electrons. The molecule has 7 heteroatoms. The summed E-state index contributed by atoms with van der Waals surface area (Å²) in [7, 11) is 0. The molecule has 25 heavy (non-hydrogen) atoms. The molecule has 1 aromatic heterocycles. The zero-order valence-electron chi connectivity index (χ0n) is 15.4. The van der Waals surface area contributed by atoms with Crippen molar-refractivity contribution in [2.24, 2.45) is 0 Å². The number of carbonyl (C=O) groups excluding carboxylic acids is 1. The van der Waals surface area contributed by atoms with Crippen molar-refractivity contribution in [3.8, 4) is 5.75 Å². The Labute approximate surface area is 146 Å². The van der Waals surface area contributed by atoms with Crippen LogP contribution in [0.1, 0.15) is 43.3 Å². The molecule has 0 amide bonds. The molecule has 0 N–H and O–H groups in total. The highest BCUT2D eigenvalue weighted by Crippen LogP contribution is 2.28. The molecule has 0 unspecified atom stereocenters. The highest BCUT2D eigenvalue weighted by Gasteiger charge is 2.23. The fourth-order valence-electron chi connectivity index (χ4n) is 2.61. The van der Waals surface area contributed by atoms with Gasteiger partial charge in [-0.1, -0.05) is 32.9 Å². The quantitative estimate of drug-likeness (QED) is 0.365. The van der Waals surface area contributed by atoms with Gasteiger partial charge < -0.3 is 4.74 Å². The van der Waals surface area contributed by atoms with Crippen LogP contribution in [0.25, 0.3) is 0 Å².